The minimum absolute atomic E-state index is 0.0882. The third-order valence-electron chi connectivity index (χ3n) is 2.75. The number of nitrogens with one attached hydrogen (secondary N) is 1. The summed E-state index contributed by atoms with van der Waals surface area (Å²) in [5, 5.41) is 3.44. The molecule has 4 heteroatoms. The van der Waals surface area contributed by atoms with Crippen LogP contribution in [0.5, 0.6) is 0 Å². The van der Waals surface area contributed by atoms with E-state index in [2.05, 4.69) is 31.0 Å². The van der Waals surface area contributed by atoms with Crippen LogP contribution >= 0.6 is 0 Å². The Hall–Kier alpha value is -0.610. The Kier molecular flexibility index (Phi) is 5.77. The van der Waals surface area contributed by atoms with Crippen molar-refractivity contribution in [1.29, 1.82) is 0 Å². The molecule has 0 aromatic rings. The Labute approximate surface area is 98.3 Å². The van der Waals surface area contributed by atoms with Crippen molar-refractivity contribution in [2.24, 2.45) is 0 Å². The van der Waals surface area contributed by atoms with Crippen LogP contribution in [0.1, 0.15) is 33.6 Å². The normalized spacial score (nSPS) is 26.7. The molecule has 0 spiro atoms. The van der Waals surface area contributed by atoms with E-state index in [1.54, 1.807) is 0 Å². The maximum atomic E-state index is 11.5. The number of carbonyl (C=O) groups excluding carboxylic acids is 1. The summed E-state index contributed by atoms with van der Waals surface area (Å²) in [6, 6.07) is 0.902. The molecule has 0 aliphatic carbocycles. The summed E-state index contributed by atoms with van der Waals surface area (Å²) in [7, 11) is 0. The zero-order valence-electron chi connectivity index (χ0n) is 10.7. The van der Waals surface area contributed by atoms with Crippen LogP contribution < -0.4 is 5.32 Å². The molecule has 16 heavy (non-hydrogen) atoms. The first-order valence-electron chi connectivity index (χ1n) is 6.25. The van der Waals surface area contributed by atoms with Gasteiger partial charge in [-0.25, -0.2) is 0 Å². The van der Waals surface area contributed by atoms with Crippen molar-refractivity contribution in [2.75, 3.05) is 26.2 Å². The highest BCUT2D eigenvalue weighted by molar-refractivity contribution is 5.71. The molecule has 1 aliphatic rings. The molecular weight excluding hydrogens is 204 g/mol. The van der Waals surface area contributed by atoms with E-state index >= 15 is 0 Å². The number of carbonyl (C=O) groups is 1. The van der Waals surface area contributed by atoms with E-state index in [-0.39, 0.29) is 5.97 Å². The topological polar surface area (TPSA) is 41.6 Å². The van der Waals surface area contributed by atoms with Gasteiger partial charge in [-0.2, -0.15) is 0 Å². The zero-order valence-corrected chi connectivity index (χ0v) is 10.7. The molecule has 0 radical (unpaired) electrons. The highest BCUT2D eigenvalue weighted by atomic mass is 16.5. The van der Waals surface area contributed by atoms with Gasteiger partial charge in [0.15, 0.2) is 0 Å². The predicted octanol–water partition coefficient (Wildman–Crippen LogP) is 1.01. The molecule has 0 saturated carbocycles. The minimum atomic E-state index is -0.0882. The summed E-state index contributed by atoms with van der Waals surface area (Å²) < 4.78 is 5.15. The van der Waals surface area contributed by atoms with Gasteiger partial charge in [-0.05, 0) is 20.3 Å². The third-order valence-corrected chi connectivity index (χ3v) is 2.75. The number of piperazine rings is 1. The van der Waals surface area contributed by atoms with Gasteiger partial charge >= 0.3 is 5.97 Å². The van der Waals surface area contributed by atoms with Crippen molar-refractivity contribution >= 4 is 5.97 Å². The Morgan fingerprint density at radius 1 is 1.38 bits per heavy atom. The van der Waals surface area contributed by atoms with Crippen molar-refractivity contribution in [3.05, 3.63) is 0 Å². The molecule has 1 saturated heterocycles. The van der Waals surface area contributed by atoms with E-state index in [0.29, 0.717) is 25.2 Å². The number of ether oxygens (including phenoxy) is 1. The first-order valence-corrected chi connectivity index (χ1v) is 6.25. The van der Waals surface area contributed by atoms with E-state index in [0.717, 1.165) is 25.9 Å². The molecule has 94 valence electrons. The lowest BCUT2D eigenvalue weighted by Crippen LogP contribution is -2.55. The molecule has 2 atom stereocenters. The number of rotatable bonds is 5. The van der Waals surface area contributed by atoms with Crippen molar-refractivity contribution in [3.8, 4) is 0 Å². The van der Waals surface area contributed by atoms with Gasteiger partial charge in [0, 0.05) is 25.2 Å². The van der Waals surface area contributed by atoms with Crippen LogP contribution in [-0.2, 0) is 9.53 Å². The lowest BCUT2D eigenvalue weighted by Gasteiger charge is -2.35. The van der Waals surface area contributed by atoms with Crippen molar-refractivity contribution in [1.82, 2.24) is 10.2 Å². The number of esters is 1. The predicted molar refractivity (Wildman–Crippen MR) is 64.4 cm³/mol. The summed E-state index contributed by atoms with van der Waals surface area (Å²) in [6.07, 6.45) is 2.02. The Bertz CT molecular complexity index is 211. The summed E-state index contributed by atoms with van der Waals surface area (Å²) >= 11 is 0. The number of hydrogen-bond donors (Lipinski definition) is 1. The smallest absolute Gasteiger partial charge is 0.320 e. The van der Waals surface area contributed by atoms with Crippen molar-refractivity contribution in [3.63, 3.8) is 0 Å². The lowest BCUT2D eigenvalue weighted by atomic mass is 10.1. The Morgan fingerprint density at radius 2 is 2.00 bits per heavy atom. The fourth-order valence-electron chi connectivity index (χ4n) is 2.13. The van der Waals surface area contributed by atoms with Crippen LogP contribution in [0.4, 0.5) is 0 Å². The van der Waals surface area contributed by atoms with E-state index in [1.807, 2.05) is 0 Å². The number of hydrogen-bond acceptors (Lipinski definition) is 4. The largest absolute Gasteiger partial charge is 0.465 e. The fraction of sp³-hybridized carbons (Fsp3) is 0.917. The maximum absolute atomic E-state index is 11.5. The second-order valence-electron chi connectivity index (χ2n) is 4.74. The highest BCUT2D eigenvalue weighted by Gasteiger charge is 2.22. The molecule has 4 nitrogen and oxygen atoms in total. The van der Waals surface area contributed by atoms with Crippen LogP contribution in [0.25, 0.3) is 0 Å². The summed E-state index contributed by atoms with van der Waals surface area (Å²) in [5.41, 5.74) is 0. The number of unbranched alkanes of at least 4 members (excludes halogenated alkanes) is 1. The van der Waals surface area contributed by atoms with Crippen LogP contribution in [-0.4, -0.2) is 49.2 Å². The molecule has 0 amide bonds. The first kappa shape index (κ1) is 13.5. The maximum Gasteiger partial charge on any atom is 0.320 e. The van der Waals surface area contributed by atoms with E-state index in [4.69, 9.17) is 4.74 Å². The van der Waals surface area contributed by atoms with Crippen LogP contribution in [0.2, 0.25) is 0 Å². The van der Waals surface area contributed by atoms with Gasteiger partial charge < -0.3 is 10.1 Å². The van der Waals surface area contributed by atoms with Gasteiger partial charge in [-0.3, -0.25) is 9.69 Å². The molecule has 0 aromatic carbocycles. The molecule has 1 heterocycles. The zero-order chi connectivity index (χ0) is 12.0. The molecule has 1 fully saturated rings. The lowest BCUT2D eigenvalue weighted by molar-refractivity contribution is -0.145. The summed E-state index contributed by atoms with van der Waals surface area (Å²) in [5.74, 6) is -0.0882. The van der Waals surface area contributed by atoms with E-state index < -0.39 is 0 Å². The van der Waals surface area contributed by atoms with E-state index in [1.165, 1.54) is 0 Å². The van der Waals surface area contributed by atoms with Crippen molar-refractivity contribution < 1.29 is 9.53 Å². The van der Waals surface area contributed by atoms with Gasteiger partial charge in [-0.15, -0.1) is 0 Å². The highest BCUT2D eigenvalue weighted by Crippen LogP contribution is 2.04. The molecule has 1 rings (SSSR count). The third kappa shape index (κ3) is 4.94. The molecule has 1 N–H and O–H groups in total. The van der Waals surface area contributed by atoms with Crippen LogP contribution in [0, 0.1) is 0 Å². The molecule has 1 aliphatic heterocycles. The molecule has 0 bridgehead atoms. The van der Waals surface area contributed by atoms with Gasteiger partial charge in [0.1, 0.15) is 0 Å². The van der Waals surface area contributed by atoms with Crippen LogP contribution in [0.15, 0.2) is 0 Å². The molecule has 0 aromatic heterocycles. The van der Waals surface area contributed by atoms with Gasteiger partial charge in [-0.1, -0.05) is 13.3 Å². The van der Waals surface area contributed by atoms with Crippen LogP contribution in [0.3, 0.4) is 0 Å². The second-order valence-corrected chi connectivity index (χ2v) is 4.74. The quantitative estimate of drug-likeness (QED) is 0.563. The van der Waals surface area contributed by atoms with Crippen molar-refractivity contribution in [2.45, 2.75) is 45.7 Å². The standard InChI is InChI=1S/C12H24N2O2/c1-4-5-6-16-12(15)9-14-7-10(2)13-11(3)8-14/h10-11,13H,4-9H2,1-3H3. The van der Waals surface area contributed by atoms with Gasteiger partial charge in [0.2, 0.25) is 0 Å². The fourth-order valence-corrected chi connectivity index (χ4v) is 2.13. The number of nitrogens with zero attached hydrogens (tertiary/aromatic N) is 1. The molecular formula is C12H24N2O2. The monoisotopic (exact) mass is 228 g/mol. The van der Waals surface area contributed by atoms with Gasteiger partial charge in [0.05, 0.1) is 13.2 Å². The summed E-state index contributed by atoms with van der Waals surface area (Å²) in [6.45, 7) is 9.22. The van der Waals surface area contributed by atoms with Gasteiger partial charge in [0.25, 0.3) is 0 Å². The Morgan fingerprint density at radius 3 is 2.56 bits per heavy atom. The average molecular weight is 228 g/mol. The molecule has 2 unspecified atom stereocenters. The first-order chi connectivity index (χ1) is 7.61. The minimum Gasteiger partial charge on any atom is -0.465 e. The average Bonchev–Trinajstić information content (AvgIpc) is 2.16. The second kappa shape index (κ2) is 6.86. The SMILES string of the molecule is CCCCOC(=O)CN1CC(C)NC(C)C1. The summed E-state index contributed by atoms with van der Waals surface area (Å²) in [4.78, 5) is 13.7. The van der Waals surface area contributed by atoms with E-state index in [9.17, 15) is 4.79 Å². The Balaban J connectivity index is 2.22.